The van der Waals surface area contributed by atoms with Crippen LogP contribution in [0.25, 0.3) is 0 Å². The standard InChI is InChI=1S/C10H11BrClNO/c1-7-2-3-9(8(11)6-7)13-10(14)4-5-12/h2-3,6H,4-5H2,1H3,(H,13,14). The van der Waals surface area contributed by atoms with E-state index in [1.54, 1.807) is 0 Å². The quantitative estimate of drug-likeness (QED) is 0.843. The van der Waals surface area contributed by atoms with Crippen molar-refractivity contribution < 1.29 is 4.79 Å². The van der Waals surface area contributed by atoms with Gasteiger partial charge in [-0.1, -0.05) is 6.07 Å². The van der Waals surface area contributed by atoms with Crippen molar-refractivity contribution in [2.75, 3.05) is 11.2 Å². The Kier molecular flexibility index (Phi) is 4.42. The summed E-state index contributed by atoms with van der Waals surface area (Å²) in [5.74, 6) is 0.277. The molecule has 0 bridgehead atoms. The average Bonchev–Trinajstić information content (AvgIpc) is 2.10. The first-order valence-electron chi connectivity index (χ1n) is 4.25. The summed E-state index contributed by atoms with van der Waals surface area (Å²) in [5, 5.41) is 2.77. The number of carbonyl (C=O) groups is 1. The molecule has 4 heteroatoms. The topological polar surface area (TPSA) is 29.1 Å². The molecule has 14 heavy (non-hydrogen) atoms. The minimum atomic E-state index is -0.0652. The smallest absolute Gasteiger partial charge is 0.225 e. The molecule has 76 valence electrons. The second kappa shape index (κ2) is 5.37. The zero-order chi connectivity index (χ0) is 10.6. The number of alkyl halides is 1. The second-order valence-corrected chi connectivity index (χ2v) is 4.20. The maximum atomic E-state index is 11.2. The monoisotopic (exact) mass is 275 g/mol. The zero-order valence-corrected chi connectivity index (χ0v) is 10.2. The summed E-state index contributed by atoms with van der Waals surface area (Å²) < 4.78 is 0.889. The van der Waals surface area contributed by atoms with Gasteiger partial charge in [0.15, 0.2) is 0 Å². The Balaban J connectivity index is 2.72. The minimum Gasteiger partial charge on any atom is -0.325 e. The Morgan fingerprint density at radius 2 is 2.29 bits per heavy atom. The van der Waals surface area contributed by atoms with Crippen LogP contribution in [0.5, 0.6) is 0 Å². The van der Waals surface area contributed by atoms with E-state index in [4.69, 9.17) is 11.6 Å². The van der Waals surface area contributed by atoms with Crippen molar-refractivity contribution in [3.8, 4) is 0 Å². The number of amides is 1. The number of halogens is 2. The summed E-state index contributed by atoms with van der Waals surface area (Å²) in [6.07, 6.45) is 0.335. The highest BCUT2D eigenvalue weighted by molar-refractivity contribution is 9.10. The zero-order valence-electron chi connectivity index (χ0n) is 7.81. The molecule has 0 aromatic heterocycles. The molecule has 0 aliphatic heterocycles. The Bertz CT molecular complexity index is 341. The van der Waals surface area contributed by atoms with Crippen LogP contribution in [0.1, 0.15) is 12.0 Å². The summed E-state index contributed by atoms with van der Waals surface area (Å²) in [6, 6.07) is 5.77. The molecule has 0 atom stereocenters. The van der Waals surface area contributed by atoms with Gasteiger partial charge in [-0.05, 0) is 40.5 Å². The lowest BCUT2D eigenvalue weighted by molar-refractivity contribution is -0.115. The van der Waals surface area contributed by atoms with Crippen molar-refractivity contribution in [3.05, 3.63) is 28.2 Å². The molecule has 2 nitrogen and oxygen atoms in total. The molecule has 0 spiro atoms. The van der Waals surface area contributed by atoms with Crippen LogP contribution in [0.3, 0.4) is 0 Å². The molecule has 0 radical (unpaired) electrons. The normalized spacial score (nSPS) is 9.93. The predicted octanol–water partition coefficient (Wildman–Crippen LogP) is 3.32. The Hall–Kier alpha value is -0.540. The van der Waals surface area contributed by atoms with Crippen LogP contribution in [0.4, 0.5) is 5.69 Å². The molecule has 0 saturated heterocycles. The number of hydrogen-bond donors (Lipinski definition) is 1. The number of benzene rings is 1. The lowest BCUT2D eigenvalue weighted by atomic mass is 10.2. The third kappa shape index (κ3) is 3.31. The van der Waals surface area contributed by atoms with Crippen LogP contribution in [-0.4, -0.2) is 11.8 Å². The van der Waals surface area contributed by atoms with Crippen molar-refractivity contribution in [3.63, 3.8) is 0 Å². The van der Waals surface area contributed by atoms with E-state index in [1.807, 2.05) is 25.1 Å². The van der Waals surface area contributed by atoms with Gasteiger partial charge in [0.05, 0.1) is 5.69 Å². The van der Waals surface area contributed by atoms with Gasteiger partial charge in [-0.25, -0.2) is 0 Å². The summed E-state index contributed by atoms with van der Waals surface area (Å²) >= 11 is 8.83. The van der Waals surface area contributed by atoms with Crippen LogP contribution in [0, 0.1) is 6.92 Å². The van der Waals surface area contributed by atoms with Crippen LogP contribution in [-0.2, 0) is 4.79 Å². The predicted molar refractivity (Wildman–Crippen MR) is 62.8 cm³/mol. The first kappa shape index (κ1) is 11.5. The first-order chi connectivity index (χ1) is 6.63. The number of aryl methyl sites for hydroxylation is 1. The molecule has 0 saturated carbocycles. The van der Waals surface area contributed by atoms with Crippen LogP contribution < -0.4 is 5.32 Å². The van der Waals surface area contributed by atoms with Gasteiger partial charge in [0, 0.05) is 16.8 Å². The second-order valence-electron chi connectivity index (χ2n) is 2.97. The minimum absolute atomic E-state index is 0.0652. The van der Waals surface area contributed by atoms with Crippen molar-refractivity contribution in [2.45, 2.75) is 13.3 Å². The number of hydrogen-bond acceptors (Lipinski definition) is 1. The molecule has 0 heterocycles. The first-order valence-corrected chi connectivity index (χ1v) is 5.58. The van der Waals surface area contributed by atoms with Gasteiger partial charge >= 0.3 is 0 Å². The summed E-state index contributed by atoms with van der Waals surface area (Å²) in [6.45, 7) is 2.00. The van der Waals surface area contributed by atoms with E-state index in [9.17, 15) is 4.79 Å². The molecule has 0 aliphatic rings. The SMILES string of the molecule is Cc1ccc(NC(=O)CCCl)c(Br)c1. The Morgan fingerprint density at radius 1 is 1.57 bits per heavy atom. The molecule has 1 N–H and O–H groups in total. The number of carbonyl (C=O) groups excluding carboxylic acids is 1. The highest BCUT2D eigenvalue weighted by Crippen LogP contribution is 2.23. The molecule has 0 aliphatic carbocycles. The van der Waals surface area contributed by atoms with Crippen LogP contribution >= 0.6 is 27.5 Å². The molecular formula is C10H11BrClNO. The highest BCUT2D eigenvalue weighted by Gasteiger charge is 2.04. The lowest BCUT2D eigenvalue weighted by Crippen LogP contribution is -2.11. The van der Waals surface area contributed by atoms with E-state index in [0.717, 1.165) is 15.7 Å². The molecule has 0 fully saturated rings. The summed E-state index contributed by atoms with van der Waals surface area (Å²) in [5.41, 5.74) is 1.93. The van der Waals surface area contributed by atoms with Crippen molar-refractivity contribution in [1.29, 1.82) is 0 Å². The molecule has 1 aromatic rings. The van der Waals surface area contributed by atoms with Gasteiger partial charge in [-0.2, -0.15) is 0 Å². The van der Waals surface area contributed by atoms with Gasteiger partial charge in [-0.3, -0.25) is 4.79 Å². The molecule has 1 rings (SSSR count). The van der Waals surface area contributed by atoms with E-state index in [0.29, 0.717) is 12.3 Å². The molecule has 1 amide bonds. The molecule has 0 unspecified atom stereocenters. The van der Waals surface area contributed by atoms with Gasteiger partial charge in [0.2, 0.25) is 5.91 Å². The van der Waals surface area contributed by atoms with Gasteiger partial charge in [-0.15, -0.1) is 11.6 Å². The van der Waals surface area contributed by atoms with Crippen molar-refractivity contribution in [2.24, 2.45) is 0 Å². The van der Waals surface area contributed by atoms with E-state index in [2.05, 4.69) is 21.2 Å². The van der Waals surface area contributed by atoms with E-state index in [1.165, 1.54) is 0 Å². The number of nitrogens with one attached hydrogen (secondary N) is 1. The number of rotatable bonds is 3. The Morgan fingerprint density at radius 3 is 2.86 bits per heavy atom. The average molecular weight is 277 g/mol. The third-order valence-corrected chi connectivity index (χ3v) is 2.57. The largest absolute Gasteiger partial charge is 0.325 e. The fraction of sp³-hybridized carbons (Fsp3) is 0.300. The van der Waals surface area contributed by atoms with Crippen LogP contribution in [0.15, 0.2) is 22.7 Å². The van der Waals surface area contributed by atoms with E-state index in [-0.39, 0.29) is 5.91 Å². The van der Waals surface area contributed by atoms with E-state index >= 15 is 0 Å². The molecular weight excluding hydrogens is 265 g/mol. The summed E-state index contributed by atoms with van der Waals surface area (Å²) in [7, 11) is 0. The van der Waals surface area contributed by atoms with E-state index < -0.39 is 0 Å². The molecule has 1 aromatic carbocycles. The maximum Gasteiger partial charge on any atom is 0.225 e. The van der Waals surface area contributed by atoms with Gasteiger partial charge < -0.3 is 5.32 Å². The van der Waals surface area contributed by atoms with Crippen LogP contribution in [0.2, 0.25) is 0 Å². The van der Waals surface area contributed by atoms with Crippen molar-refractivity contribution >= 4 is 39.1 Å². The van der Waals surface area contributed by atoms with Gasteiger partial charge in [0.1, 0.15) is 0 Å². The number of anilines is 1. The summed E-state index contributed by atoms with van der Waals surface area (Å²) in [4.78, 5) is 11.2. The third-order valence-electron chi connectivity index (χ3n) is 1.72. The fourth-order valence-corrected chi connectivity index (χ4v) is 1.78. The van der Waals surface area contributed by atoms with Crippen molar-refractivity contribution in [1.82, 2.24) is 0 Å². The lowest BCUT2D eigenvalue weighted by Gasteiger charge is -2.06. The fourth-order valence-electron chi connectivity index (χ4n) is 1.02. The highest BCUT2D eigenvalue weighted by atomic mass is 79.9. The van der Waals surface area contributed by atoms with Gasteiger partial charge in [0.25, 0.3) is 0 Å². The maximum absolute atomic E-state index is 11.2. The Labute approximate surface area is 96.8 Å².